The highest BCUT2D eigenvalue weighted by atomic mass is 16.6. The molecule has 1 aliphatic heterocycles. The fraction of sp³-hybridized carbons (Fsp3) is 0.619. The van der Waals surface area contributed by atoms with E-state index >= 15 is 0 Å². The molecule has 0 aromatic heterocycles. The highest BCUT2D eigenvalue weighted by molar-refractivity contribution is 5.92. The molecule has 4 N–H and O–H groups in total. The Bertz CT molecular complexity index is 744. The van der Waals surface area contributed by atoms with Gasteiger partial charge in [0.05, 0.1) is 23.5 Å². The summed E-state index contributed by atoms with van der Waals surface area (Å²) in [4.78, 5) is 24.6. The van der Waals surface area contributed by atoms with Crippen molar-refractivity contribution >= 4 is 23.4 Å². The summed E-state index contributed by atoms with van der Waals surface area (Å²) in [6, 6.07) is 4.90. The smallest absolute Gasteiger partial charge is 0.409 e. The van der Waals surface area contributed by atoms with Crippen LogP contribution in [0, 0.1) is 0 Å². The minimum atomic E-state index is -0.906. The van der Waals surface area contributed by atoms with Crippen molar-refractivity contribution in [2.45, 2.75) is 71.3 Å². The largest absolute Gasteiger partial charge is 0.456 e. The lowest BCUT2D eigenvalue weighted by atomic mass is 10.1. The van der Waals surface area contributed by atoms with Gasteiger partial charge in [0.25, 0.3) is 0 Å². The van der Waals surface area contributed by atoms with Crippen LogP contribution >= 0.6 is 0 Å². The van der Waals surface area contributed by atoms with Crippen LogP contribution in [0.15, 0.2) is 18.2 Å². The van der Waals surface area contributed by atoms with Crippen molar-refractivity contribution in [2.75, 3.05) is 24.2 Å². The molecule has 0 bridgehead atoms. The molecule has 1 heterocycles. The normalized spacial score (nSPS) is 19.5. The van der Waals surface area contributed by atoms with E-state index in [1.54, 1.807) is 39.0 Å². The van der Waals surface area contributed by atoms with Gasteiger partial charge in [0.2, 0.25) is 0 Å². The van der Waals surface area contributed by atoms with Gasteiger partial charge in [-0.3, -0.25) is 5.32 Å². The van der Waals surface area contributed by atoms with Crippen LogP contribution in [0.2, 0.25) is 0 Å². The van der Waals surface area contributed by atoms with Crippen LogP contribution in [0.3, 0.4) is 0 Å². The second-order valence-corrected chi connectivity index (χ2v) is 9.23. The lowest BCUT2D eigenvalue weighted by Gasteiger charge is -2.31. The number of amides is 1. The maximum absolute atomic E-state index is 12.3. The first-order chi connectivity index (χ1) is 13.3. The number of hydrogen-bond acceptors (Lipinski definition) is 7. The maximum Gasteiger partial charge on any atom is 0.409 e. The number of benzene rings is 1. The molecule has 1 aromatic carbocycles. The molecule has 1 aromatic rings. The van der Waals surface area contributed by atoms with Gasteiger partial charge in [0.15, 0.2) is 5.72 Å². The molecule has 0 spiro atoms. The Hall–Kier alpha value is -2.48. The molecule has 29 heavy (non-hydrogen) atoms. The predicted octanol–water partition coefficient (Wildman–Crippen LogP) is 3.67. The first-order valence-electron chi connectivity index (χ1n) is 9.80. The summed E-state index contributed by atoms with van der Waals surface area (Å²) in [5, 5.41) is 6.02. The van der Waals surface area contributed by atoms with E-state index in [9.17, 15) is 9.59 Å². The highest BCUT2D eigenvalue weighted by Gasteiger charge is 2.38. The fourth-order valence-electron chi connectivity index (χ4n) is 2.88. The van der Waals surface area contributed by atoms with Crippen molar-refractivity contribution in [3.05, 3.63) is 23.8 Å². The first kappa shape index (κ1) is 22.8. The van der Waals surface area contributed by atoms with Gasteiger partial charge in [-0.2, -0.15) is 0 Å². The van der Waals surface area contributed by atoms with E-state index in [1.165, 1.54) is 0 Å². The van der Waals surface area contributed by atoms with Crippen LogP contribution in [0.25, 0.3) is 0 Å². The molecule has 1 atom stereocenters. The van der Waals surface area contributed by atoms with Gasteiger partial charge in [0.1, 0.15) is 11.2 Å². The highest BCUT2D eigenvalue weighted by Crippen LogP contribution is 2.27. The summed E-state index contributed by atoms with van der Waals surface area (Å²) in [7, 11) is 0. The number of carbonyl (C=O) groups excluding carboxylic acids is 2. The number of ether oxygens (including phenoxy) is 3. The van der Waals surface area contributed by atoms with Crippen LogP contribution in [0.1, 0.15) is 64.7 Å². The first-order valence-corrected chi connectivity index (χ1v) is 9.80. The Morgan fingerprint density at radius 3 is 2.34 bits per heavy atom. The van der Waals surface area contributed by atoms with Crippen LogP contribution < -0.4 is 16.4 Å². The fourth-order valence-corrected chi connectivity index (χ4v) is 2.88. The molecule has 1 fully saturated rings. The Balaban J connectivity index is 2.10. The van der Waals surface area contributed by atoms with E-state index in [0.717, 1.165) is 6.42 Å². The van der Waals surface area contributed by atoms with Gasteiger partial charge in [-0.25, -0.2) is 9.59 Å². The summed E-state index contributed by atoms with van der Waals surface area (Å²) in [6.07, 6.45) is 0.896. The third kappa shape index (κ3) is 7.12. The van der Waals surface area contributed by atoms with Gasteiger partial charge < -0.3 is 25.3 Å². The molecular weight excluding hydrogens is 374 g/mol. The number of nitrogens with two attached hydrogens (primary N) is 1. The molecule has 0 aliphatic carbocycles. The summed E-state index contributed by atoms with van der Waals surface area (Å²) >= 11 is 0. The summed E-state index contributed by atoms with van der Waals surface area (Å²) in [6.45, 7) is 11.6. The molecule has 0 saturated carbocycles. The molecular formula is C21H33N3O5. The van der Waals surface area contributed by atoms with Crippen molar-refractivity contribution in [1.82, 2.24) is 5.32 Å². The van der Waals surface area contributed by atoms with Gasteiger partial charge in [-0.05, 0) is 72.6 Å². The molecule has 1 saturated heterocycles. The predicted molar refractivity (Wildman–Crippen MR) is 112 cm³/mol. The van der Waals surface area contributed by atoms with Crippen molar-refractivity contribution < 1.29 is 23.8 Å². The standard InChI is InChI=1S/C21H33N3O5/c1-19(2,3)28-17(25)14-8-9-15(22)16(12-14)23-13-21(10-7-11-27-21)24-18(26)29-20(4,5)6/h8-9,12,23H,7,10-11,13,22H2,1-6H3,(H,24,26). The van der Waals surface area contributed by atoms with Gasteiger partial charge in [-0.15, -0.1) is 0 Å². The molecule has 0 radical (unpaired) electrons. The Morgan fingerprint density at radius 1 is 1.14 bits per heavy atom. The molecule has 8 heteroatoms. The Labute approximate surface area is 172 Å². The molecule has 2 rings (SSSR count). The minimum Gasteiger partial charge on any atom is -0.456 e. The Morgan fingerprint density at radius 2 is 1.79 bits per heavy atom. The maximum atomic E-state index is 12.3. The van der Waals surface area contributed by atoms with Gasteiger partial charge in [-0.1, -0.05) is 0 Å². The van der Waals surface area contributed by atoms with E-state index in [-0.39, 0.29) is 6.54 Å². The van der Waals surface area contributed by atoms with Crippen LogP contribution in [0.4, 0.5) is 16.2 Å². The summed E-state index contributed by atoms with van der Waals surface area (Å²) in [5.74, 6) is -0.431. The number of hydrogen-bond donors (Lipinski definition) is 3. The number of esters is 1. The van der Waals surface area contributed by atoms with Crippen molar-refractivity contribution in [3.63, 3.8) is 0 Å². The zero-order valence-electron chi connectivity index (χ0n) is 18.2. The summed E-state index contributed by atoms with van der Waals surface area (Å²) < 4.78 is 16.6. The SMILES string of the molecule is CC(C)(C)OC(=O)NC1(CNc2cc(C(=O)OC(C)(C)C)ccc2N)CCCO1. The van der Waals surface area contributed by atoms with E-state index < -0.39 is 29.0 Å². The third-order valence-electron chi connectivity index (χ3n) is 4.08. The second-order valence-electron chi connectivity index (χ2n) is 9.23. The lowest BCUT2D eigenvalue weighted by Crippen LogP contribution is -2.54. The van der Waals surface area contributed by atoms with Crippen molar-refractivity contribution in [2.24, 2.45) is 0 Å². The molecule has 162 valence electrons. The number of carbonyl (C=O) groups is 2. The zero-order valence-corrected chi connectivity index (χ0v) is 18.2. The number of rotatable bonds is 5. The van der Waals surface area contributed by atoms with Crippen LogP contribution in [-0.2, 0) is 14.2 Å². The number of alkyl carbamates (subject to hydrolysis) is 1. The minimum absolute atomic E-state index is 0.272. The molecule has 8 nitrogen and oxygen atoms in total. The van der Waals surface area contributed by atoms with Gasteiger partial charge in [0, 0.05) is 6.61 Å². The van der Waals surface area contributed by atoms with E-state index in [0.29, 0.717) is 30.0 Å². The quantitative estimate of drug-likeness (QED) is 0.504. The van der Waals surface area contributed by atoms with E-state index in [2.05, 4.69) is 10.6 Å². The molecule has 1 unspecified atom stereocenters. The lowest BCUT2D eigenvalue weighted by molar-refractivity contribution is -0.0254. The number of nitrogen functional groups attached to an aromatic ring is 1. The van der Waals surface area contributed by atoms with E-state index in [1.807, 2.05) is 20.8 Å². The Kier molecular flexibility index (Phi) is 6.67. The topological polar surface area (TPSA) is 112 Å². The average molecular weight is 408 g/mol. The molecule has 1 amide bonds. The number of nitrogens with one attached hydrogen (secondary N) is 2. The van der Waals surface area contributed by atoms with Crippen molar-refractivity contribution in [3.8, 4) is 0 Å². The summed E-state index contributed by atoms with van der Waals surface area (Å²) in [5.41, 5.74) is 5.38. The second kappa shape index (κ2) is 8.49. The zero-order chi connectivity index (χ0) is 21.9. The average Bonchev–Trinajstić information content (AvgIpc) is 2.99. The van der Waals surface area contributed by atoms with E-state index in [4.69, 9.17) is 19.9 Å². The van der Waals surface area contributed by atoms with Gasteiger partial charge >= 0.3 is 12.1 Å². The van der Waals surface area contributed by atoms with Crippen molar-refractivity contribution in [1.29, 1.82) is 0 Å². The molecule has 1 aliphatic rings. The third-order valence-corrected chi connectivity index (χ3v) is 4.08. The number of anilines is 2. The van der Waals surface area contributed by atoms with Crippen LogP contribution in [-0.4, -0.2) is 42.1 Å². The monoisotopic (exact) mass is 407 g/mol. The van der Waals surface area contributed by atoms with Crippen LogP contribution in [0.5, 0.6) is 0 Å².